The molecule has 0 aromatic heterocycles. The molecule has 0 heterocycles. The van der Waals surface area contributed by atoms with Gasteiger partial charge in [0.15, 0.2) is 0 Å². The maximum atomic E-state index is 10.8. The smallest absolute Gasteiger partial charge is 0.150 e. The highest BCUT2D eigenvalue weighted by atomic mass is 79.9. The monoisotopic (exact) mass is 304 g/mol. The molecule has 0 spiro atoms. The number of ether oxygens (including phenoxy) is 1. The van der Waals surface area contributed by atoms with Crippen molar-refractivity contribution in [2.75, 3.05) is 7.11 Å². The number of halogens is 1. The molecule has 92 valence electrons. The molecule has 2 aromatic rings. The Morgan fingerprint density at radius 3 is 2.72 bits per heavy atom. The van der Waals surface area contributed by atoms with Crippen LogP contribution < -0.4 is 0 Å². The summed E-state index contributed by atoms with van der Waals surface area (Å²) in [5.74, 6) is 0. The van der Waals surface area contributed by atoms with Gasteiger partial charge in [-0.15, -0.1) is 0 Å². The minimum Gasteiger partial charge on any atom is -0.380 e. The lowest BCUT2D eigenvalue weighted by atomic mass is 9.99. The molecule has 0 unspecified atom stereocenters. The summed E-state index contributed by atoms with van der Waals surface area (Å²) in [4.78, 5) is 10.8. The zero-order valence-corrected chi connectivity index (χ0v) is 11.6. The maximum absolute atomic E-state index is 10.8. The van der Waals surface area contributed by atoms with Crippen LogP contribution in [0, 0.1) is 0 Å². The van der Waals surface area contributed by atoms with Gasteiger partial charge in [0.25, 0.3) is 0 Å². The molecule has 0 atom stereocenters. The fourth-order valence-electron chi connectivity index (χ4n) is 1.90. The third kappa shape index (κ3) is 2.68. The number of hydrogen-bond acceptors (Lipinski definition) is 2. The van der Waals surface area contributed by atoms with Gasteiger partial charge in [0.2, 0.25) is 0 Å². The van der Waals surface area contributed by atoms with E-state index in [2.05, 4.69) is 15.9 Å². The lowest BCUT2D eigenvalue weighted by molar-refractivity contribution is 0.112. The van der Waals surface area contributed by atoms with Crippen LogP contribution in [-0.2, 0) is 11.3 Å². The number of aldehydes is 1. The Hall–Kier alpha value is -1.45. The Morgan fingerprint density at radius 2 is 2.00 bits per heavy atom. The van der Waals surface area contributed by atoms with Crippen LogP contribution in [0.5, 0.6) is 0 Å². The van der Waals surface area contributed by atoms with Crippen LogP contribution in [0.2, 0.25) is 0 Å². The predicted molar refractivity (Wildman–Crippen MR) is 75.7 cm³/mol. The normalized spacial score (nSPS) is 10.3. The Bertz CT molecular complexity index is 564. The molecule has 0 saturated carbocycles. The van der Waals surface area contributed by atoms with E-state index < -0.39 is 0 Å². The van der Waals surface area contributed by atoms with Crippen LogP contribution in [0.1, 0.15) is 15.9 Å². The van der Waals surface area contributed by atoms with Gasteiger partial charge in [-0.25, -0.2) is 0 Å². The van der Waals surface area contributed by atoms with E-state index in [1.165, 1.54) is 0 Å². The molecule has 2 rings (SSSR count). The molecule has 3 heteroatoms. The van der Waals surface area contributed by atoms with Crippen molar-refractivity contribution in [1.29, 1.82) is 0 Å². The number of hydrogen-bond donors (Lipinski definition) is 0. The van der Waals surface area contributed by atoms with Gasteiger partial charge in [-0.1, -0.05) is 46.3 Å². The van der Waals surface area contributed by atoms with E-state index >= 15 is 0 Å². The quantitative estimate of drug-likeness (QED) is 0.796. The van der Waals surface area contributed by atoms with E-state index in [0.29, 0.717) is 12.2 Å². The van der Waals surface area contributed by atoms with Crippen LogP contribution in [0.15, 0.2) is 46.9 Å². The molecule has 0 aliphatic carbocycles. The fraction of sp³-hybridized carbons (Fsp3) is 0.133. The van der Waals surface area contributed by atoms with Gasteiger partial charge in [-0.3, -0.25) is 4.79 Å². The highest BCUT2D eigenvalue weighted by Gasteiger charge is 2.08. The van der Waals surface area contributed by atoms with Gasteiger partial charge >= 0.3 is 0 Å². The maximum Gasteiger partial charge on any atom is 0.150 e. The molecule has 18 heavy (non-hydrogen) atoms. The van der Waals surface area contributed by atoms with Gasteiger partial charge in [-0.05, 0) is 28.8 Å². The fourth-order valence-corrected chi connectivity index (χ4v) is 2.38. The van der Waals surface area contributed by atoms with Crippen molar-refractivity contribution in [3.63, 3.8) is 0 Å². The van der Waals surface area contributed by atoms with E-state index in [0.717, 1.165) is 27.4 Å². The predicted octanol–water partition coefficient (Wildman–Crippen LogP) is 4.08. The summed E-state index contributed by atoms with van der Waals surface area (Å²) >= 11 is 3.53. The highest BCUT2D eigenvalue weighted by Crippen LogP contribution is 2.30. The average molecular weight is 305 g/mol. The van der Waals surface area contributed by atoms with Crippen molar-refractivity contribution in [3.05, 3.63) is 58.1 Å². The number of benzene rings is 2. The zero-order chi connectivity index (χ0) is 13.0. The lowest BCUT2D eigenvalue weighted by Crippen LogP contribution is -1.94. The Balaban J connectivity index is 2.55. The van der Waals surface area contributed by atoms with Gasteiger partial charge < -0.3 is 4.74 Å². The van der Waals surface area contributed by atoms with Crippen LogP contribution in [0.25, 0.3) is 11.1 Å². The van der Waals surface area contributed by atoms with Gasteiger partial charge in [0.05, 0.1) is 6.61 Å². The number of methoxy groups -OCH3 is 1. The molecule has 0 saturated heterocycles. The molecule has 2 nitrogen and oxygen atoms in total. The van der Waals surface area contributed by atoms with Crippen molar-refractivity contribution in [2.24, 2.45) is 0 Å². The topological polar surface area (TPSA) is 26.3 Å². The summed E-state index contributed by atoms with van der Waals surface area (Å²) < 4.78 is 6.24. The van der Waals surface area contributed by atoms with Gasteiger partial charge in [0.1, 0.15) is 6.29 Å². The first-order valence-corrected chi connectivity index (χ1v) is 6.37. The van der Waals surface area contributed by atoms with Crippen LogP contribution in [0.4, 0.5) is 0 Å². The summed E-state index contributed by atoms with van der Waals surface area (Å²) in [5, 5.41) is 0. The number of carbonyl (C=O) groups is 1. The first-order valence-electron chi connectivity index (χ1n) is 5.58. The summed E-state index contributed by atoms with van der Waals surface area (Å²) in [7, 11) is 1.67. The number of rotatable bonds is 4. The molecule has 0 aliphatic rings. The van der Waals surface area contributed by atoms with E-state index in [9.17, 15) is 4.79 Å². The minimum atomic E-state index is 0.530. The van der Waals surface area contributed by atoms with Crippen LogP contribution in [-0.4, -0.2) is 13.4 Å². The first kappa shape index (κ1) is 13.0. The van der Waals surface area contributed by atoms with Crippen molar-refractivity contribution < 1.29 is 9.53 Å². The first-order chi connectivity index (χ1) is 8.76. The summed E-state index contributed by atoms with van der Waals surface area (Å²) in [6, 6.07) is 13.6. The molecule has 0 N–H and O–H groups in total. The highest BCUT2D eigenvalue weighted by molar-refractivity contribution is 9.10. The molecule has 2 aromatic carbocycles. The molecule has 0 bridgehead atoms. The standard InChI is InChI=1S/C15H13BrO2/c1-18-10-14-13(6-3-7-15(14)16)12-5-2-4-11(8-12)9-17/h2-9H,10H2,1H3. The molecule has 0 amide bonds. The van der Waals surface area contributed by atoms with Gasteiger partial charge in [-0.2, -0.15) is 0 Å². The molecule has 0 fully saturated rings. The van der Waals surface area contributed by atoms with Crippen LogP contribution >= 0.6 is 15.9 Å². The summed E-state index contributed by atoms with van der Waals surface area (Å²) in [6.07, 6.45) is 0.859. The Labute approximate surface area is 115 Å². The SMILES string of the molecule is COCc1c(Br)cccc1-c1cccc(C=O)c1. The molecular formula is C15H13BrO2. The van der Waals surface area contributed by atoms with Crippen molar-refractivity contribution in [3.8, 4) is 11.1 Å². The largest absolute Gasteiger partial charge is 0.380 e. The second-order valence-corrected chi connectivity index (χ2v) is 4.80. The van der Waals surface area contributed by atoms with Crippen molar-refractivity contribution >= 4 is 22.2 Å². The van der Waals surface area contributed by atoms with E-state index in [1.807, 2.05) is 36.4 Å². The van der Waals surface area contributed by atoms with E-state index in [4.69, 9.17) is 4.74 Å². The average Bonchev–Trinajstić information content (AvgIpc) is 2.41. The zero-order valence-electron chi connectivity index (χ0n) is 10.0. The molecular weight excluding hydrogens is 292 g/mol. The lowest BCUT2D eigenvalue weighted by Gasteiger charge is -2.11. The second kappa shape index (κ2) is 5.94. The van der Waals surface area contributed by atoms with Gasteiger partial charge in [0, 0.05) is 17.1 Å². The second-order valence-electron chi connectivity index (χ2n) is 3.94. The Morgan fingerprint density at radius 1 is 1.22 bits per heavy atom. The van der Waals surface area contributed by atoms with E-state index in [1.54, 1.807) is 13.2 Å². The third-order valence-corrected chi connectivity index (χ3v) is 3.48. The summed E-state index contributed by atoms with van der Waals surface area (Å²) in [6.45, 7) is 0.530. The van der Waals surface area contributed by atoms with Crippen molar-refractivity contribution in [1.82, 2.24) is 0 Å². The number of carbonyl (C=O) groups excluding carboxylic acids is 1. The summed E-state index contributed by atoms with van der Waals surface area (Å²) in [5.41, 5.74) is 3.86. The van der Waals surface area contributed by atoms with Crippen LogP contribution in [0.3, 0.4) is 0 Å². The Kier molecular flexibility index (Phi) is 4.28. The van der Waals surface area contributed by atoms with E-state index in [-0.39, 0.29) is 0 Å². The molecule has 0 aliphatic heterocycles. The van der Waals surface area contributed by atoms with Crippen molar-refractivity contribution in [2.45, 2.75) is 6.61 Å². The molecule has 0 radical (unpaired) electrons. The third-order valence-electron chi connectivity index (χ3n) is 2.74. The minimum absolute atomic E-state index is 0.530.